The van der Waals surface area contributed by atoms with Crippen molar-refractivity contribution < 1.29 is 4.79 Å². The maximum Gasteiger partial charge on any atom is 0.242 e. The van der Waals surface area contributed by atoms with E-state index in [2.05, 4.69) is 46.4 Å². The van der Waals surface area contributed by atoms with Crippen LogP contribution in [0.2, 0.25) is 0 Å². The van der Waals surface area contributed by atoms with Gasteiger partial charge in [0, 0.05) is 23.6 Å². The Kier molecular flexibility index (Phi) is 6.28. The van der Waals surface area contributed by atoms with Crippen LogP contribution in [0.25, 0.3) is 17.1 Å². The molecule has 1 aliphatic rings. The minimum absolute atomic E-state index is 0.00758. The van der Waals surface area contributed by atoms with E-state index in [1.165, 1.54) is 28.5 Å². The van der Waals surface area contributed by atoms with E-state index in [9.17, 15) is 4.79 Å². The standard InChI is InChI=1S/C30H25N5OS/c1-21-12-16-25(17-13-21)34-29(24-9-6-18-31-19-24)32-33-30(34)37-20-28(36)35-26-10-4-2-7-22(26)14-15-23-8-3-5-11-27(23)35/h2-13,16-19H,14-15,20H2,1H3. The Morgan fingerprint density at radius 3 is 2.16 bits per heavy atom. The zero-order chi connectivity index (χ0) is 25.2. The minimum atomic E-state index is 0.00758. The van der Waals surface area contributed by atoms with Crippen LogP contribution in [0.3, 0.4) is 0 Å². The number of rotatable bonds is 5. The van der Waals surface area contributed by atoms with E-state index >= 15 is 0 Å². The van der Waals surface area contributed by atoms with Crippen molar-refractivity contribution in [3.05, 3.63) is 114 Å². The van der Waals surface area contributed by atoms with Crippen LogP contribution in [0, 0.1) is 6.92 Å². The maximum atomic E-state index is 13.9. The van der Waals surface area contributed by atoms with Crippen LogP contribution in [0.15, 0.2) is 102 Å². The highest BCUT2D eigenvalue weighted by Crippen LogP contribution is 2.37. The van der Waals surface area contributed by atoms with Crippen molar-refractivity contribution in [1.29, 1.82) is 0 Å². The maximum absolute atomic E-state index is 13.9. The van der Waals surface area contributed by atoms with Gasteiger partial charge in [0.15, 0.2) is 11.0 Å². The summed E-state index contributed by atoms with van der Waals surface area (Å²) in [5.74, 6) is 0.922. The number of carbonyl (C=O) groups is 1. The second-order valence-electron chi connectivity index (χ2n) is 8.99. The zero-order valence-electron chi connectivity index (χ0n) is 20.4. The average Bonchev–Trinajstić information content (AvgIpc) is 3.29. The van der Waals surface area contributed by atoms with Gasteiger partial charge in [0.05, 0.1) is 17.1 Å². The first kappa shape index (κ1) is 23.2. The molecule has 0 saturated heterocycles. The summed E-state index contributed by atoms with van der Waals surface area (Å²) in [5, 5.41) is 9.64. The molecule has 1 aliphatic heterocycles. The summed E-state index contributed by atoms with van der Waals surface area (Å²) in [4.78, 5) is 20.0. The second-order valence-corrected chi connectivity index (χ2v) is 9.94. The van der Waals surface area contributed by atoms with Crippen LogP contribution in [-0.2, 0) is 17.6 Å². The fourth-order valence-electron chi connectivity index (χ4n) is 4.71. The zero-order valence-corrected chi connectivity index (χ0v) is 21.2. The molecule has 0 N–H and O–H groups in total. The van der Waals surface area contributed by atoms with Gasteiger partial charge in [-0.1, -0.05) is 65.9 Å². The number of hydrogen-bond acceptors (Lipinski definition) is 5. The van der Waals surface area contributed by atoms with Crippen molar-refractivity contribution in [1.82, 2.24) is 19.7 Å². The number of hydrogen-bond donors (Lipinski definition) is 0. The highest BCUT2D eigenvalue weighted by molar-refractivity contribution is 7.99. The van der Waals surface area contributed by atoms with Crippen molar-refractivity contribution in [3.8, 4) is 17.1 Å². The van der Waals surface area contributed by atoms with E-state index in [0.717, 1.165) is 35.5 Å². The first-order chi connectivity index (χ1) is 18.2. The number of thioether (sulfide) groups is 1. The largest absolute Gasteiger partial charge is 0.280 e. The number of benzene rings is 3. The molecule has 0 radical (unpaired) electrons. The normalized spacial score (nSPS) is 12.5. The van der Waals surface area contributed by atoms with E-state index in [1.54, 1.807) is 12.4 Å². The van der Waals surface area contributed by atoms with Crippen molar-refractivity contribution in [2.24, 2.45) is 0 Å². The Morgan fingerprint density at radius 2 is 1.51 bits per heavy atom. The van der Waals surface area contributed by atoms with Gasteiger partial charge in [0.2, 0.25) is 5.91 Å². The highest BCUT2D eigenvalue weighted by atomic mass is 32.2. The van der Waals surface area contributed by atoms with Crippen LogP contribution in [0.4, 0.5) is 11.4 Å². The van der Waals surface area contributed by atoms with Crippen LogP contribution in [0.1, 0.15) is 16.7 Å². The number of aromatic nitrogens is 4. The van der Waals surface area contributed by atoms with Gasteiger partial charge < -0.3 is 0 Å². The molecule has 0 fully saturated rings. The summed E-state index contributed by atoms with van der Waals surface area (Å²) in [6.07, 6.45) is 5.32. The third-order valence-corrected chi connectivity index (χ3v) is 7.46. The Labute approximate surface area is 220 Å². The first-order valence-corrected chi connectivity index (χ1v) is 13.2. The van der Waals surface area contributed by atoms with E-state index < -0.39 is 0 Å². The SMILES string of the molecule is Cc1ccc(-n2c(SCC(=O)N3c4ccccc4CCc4ccccc43)nnc2-c2cccnc2)cc1. The Hall–Kier alpha value is -4.23. The molecule has 0 unspecified atom stereocenters. The number of aryl methyl sites for hydroxylation is 3. The van der Waals surface area contributed by atoms with Gasteiger partial charge in [-0.3, -0.25) is 19.2 Å². The van der Waals surface area contributed by atoms with Crippen LogP contribution in [0.5, 0.6) is 0 Å². The summed E-state index contributed by atoms with van der Waals surface area (Å²) < 4.78 is 2.00. The number of fused-ring (bicyclic) bond motifs is 2. The monoisotopic (exact) mass is 503 g/mol. The lowest BCUT2D eigenvalue weighted by Crippen LogP contribution is -2.28. The summed E-state index contributed by atoms with van der Waals surface area (Å²) in [6, 6.07) is 28.4. The van der Waals surface area contributed by atoms with Crippen molar-refractivity contribution in [3.63, 3.8) is 0 Å². The fraction of sp³-hybridized carbons (Fsp3) is 0.133. The lowest BCUT2D eigenvalue weighted by atomic mass is 10.0. The minimum Gasteiger partial charge on any atom is -0.280 e. The summed E-state index contributed by atoms with van der Waals surface area (Å²) in [6.45, 7) is 2.06. The van der Waals surface area contributed by atoms with E-state index in [-0.39, 0.29) is 11.7 Å². The highest BCUT2D eigenvalue weighted by Gasteiger charge is 2.26. The van der Waals surface area contributed by atoms with Crippen molar-refractivity contribution in [2.45, 2.75) is 24.9 Å². The smallest absolute Gasteiger partial charge is 0.242 e. The van der Waals surface area contributed by atoms with Crippen molar-refractivity contribution in [2.75, 3.05) is 10.7 Å². The summed E-state index contributed by atoms with van der Waals surface area (Å²) in [5.41, 5.74) is 7.24. The lowest BCUT2D eigenvalue weighted by Gasteiger charge is -2.25. The molecular formula is C30H25N5OS. The predicted octanol–water partition coefficient (Wildman–Crippen LogP) is 6.19. The van der Waals surface area contributed by atoms with Gasteiger partial charge in [-0.2, -0.15) is 0 Å². The van der Waals surface area contributed by atoms with Crippen LogP contribution >= 0.6 is 11.8 Å². The summed E-state index contributed by atoms with van der Waals surface area (Å²) in [7, 11) is 0. The van der Waals surface area contributed by atoms with Gasteiger partial charge in [0.25, 0.3) is 0 Å². The molecule has 0 bridgehead atoms. The number of amides is 1. The van der Waals surface area contributed by atoms with Crippen LogP contribution < -0.4 is 4.90 Å². The molecule has 0 atom stereocenters. The molecule has 6 rings (SSSR count). The number of para-hydroxylation sites is 2. The molecule has 0 spiro atoms. The third-order valence-electron chi connectivity index (χ3n) is 6.55. The molecule has 2 aromatic heterocycles. The molecule has 3 heterocycles. The molecule has 3 aromatic carbocycles. The van der Waals surface area contributed by atoms with Gasteiger partial charge in [-0.15, -0.1) is 10.2 Å². The topological polar surface area (TPSA) is 63.9 Å². The molecule has 182 valence electrons. The second kappa shape index (κ2) is 10.0. The molecule has 37 heavy (non-hydrogen) atoms. The fourth-order valence-corrected chi connectivity index (χ4v) is 5.51. The number of carbonyl (C=O) groups excluding carboxylic acids is 1. The number of nitrogens with zero attached hydrogens (tertiary/aromatic N) is 5. The van der Waals surface area contributed by atoms with Gasteiger partial charge in [-0.05, 0) is 67.3 Å². The predicted molar refractivity (Wildman–Crippen MR) is 147 cm³/mol. The third kappa shape index (κ3) is 4.54. The molecule has 0 aliphatic carbocycles. The summed E-state index contributed by atoms with van der Waals surface area (Å²) >= 11 is 1.40. The van der Waals surface area contributed by atoms with Crippen LogP contribution in [-0.4, -0.2) is 31.4 Å². The molecule has 1 amide bonds. The molecule has 6 nitrogen and oxygen atoms in total. The number of pyridine rings is 1. The molecule has 0 saturated carbocycles. The Bertz CT molecular complexity index is 1520. The van der Waals surface area contributed by atoms with E-state index in [0.29, 0.717) is 11.0 Å². The lowest BCUT2D eigenvalue weighted by molar-refractivity contribution is -0.115. The van der Waals surface area contributed by atoms with E-state index in [4.69, 9.17) is 0 Å². The molecule has 7 heteroatoms. The van der Waals surface area contributed by atoms with E-state index in [1.807, 2.05) is 70.1 Å². The van der Waals surface area contributed by atoms with Crippen molar-refractivity contribution >= 4 is 29.0 Å². The Morgan fingerprint density at radius 1 is 0.838 bits per heavy atom. The Balaban J connectivity index is 1.36. The molecular weight excluding hydrogens is 478 g/mol. The van der Waals surface area contributed by atoms with Gasteiger partial charge >= 0.3 is 0 Å². The first-order valence-electron chi connectivity index (χ1n) is 12.2. The molecule has 5 aromatic rings. The average molecular weight is 504 g/mol. The van der Waals surface area contributed by atoms with Gasteiger partial charge in [-0.25, -0.2) is 0 Å². The quantitative estimate of drug-likeness (QED) is 0.268. The number of anilines is 2. The van der Waals surface area contributed by atoms with Gasteiger partial charge in [0.1, 0.15) is 0 Å².